The average molecular weight is 308 g/mol. The maximum absolute atomic E-state index is 6.05. The third kappa shape index (κ3) is 2.91. The number of thiophene rings is 1. The van der Waals surface area contributed by atoms with Gasteiger partial charge in [0, 0.05) is 10.9 Å². The summed E-state index contributed by atoms with van der Waals surface area (Å²) in [5.41, 5.74) is 2.73. The van der Waals surface area contributed by atoms with Gasteiger partial charge in [-0.25, -0.2) is 0 Å². The maximum atomic E-state index is 6.05. The Bertz CT molecular complexity index is 583. The van der Waals surface area contributed by atoms with Gasteiger partial charge < -0.3 is 10.1 Å². The molecule has 20 heavy (non-hydrogen) atoms. The minimum atomic E-state index is 0.117. The molecule has 2 unspecified atom stereocenters. The van der Waals surface area contributed by atoms with E-state index in [4.69, 9.17) is 16.3 Å². The Balaban J connectivity index is 1.83. The van der Waals surface area contributed by atoms with Crippen molar-refractivity contribution in [1.82, 2.24) is 5.32 Å². The number of likely N-dealkylation sites (N-methyl/N-ethyl adjacent to an activating group) is 1. The predicted octanol–water partition coefficient (Wildman–Crippen LogP) is 3.85. The molecule has 2 heterocycles. The molecule has 1 aromatic heterocycles. The molecule has 0 saturated heterocycles. The lowest BCUT2D eigenvalue weighted by molar-refractivity contribution is 0.0174. The number of benzene rings is 1. The Kier molecular flexibility index (Phi) is 4.41. The molecule has 2 nitrogen and oxygen atoms in total. The summed E-state index contributed by atoms with van der Waals surface area (Å²) in [6, 6.07) is 12.9. The Morgan fingerprint density at radius 1 is 1.35 bits per heavy atom. The van der Waals surface area contributed by atoms with Gasteiger partial charge in [0.1, 0.15) is 0 Å². The zero-order valence-electron chi connectivity index (χ0n) is 11.4. The highest BCUT2D eigenvalue weighted by Gasteiger charge is 2.28. The first kappa shape index (κ1) is 14.1. The molecule has 0 spiro atoms. The van der Waals surface area contributed by atoms with Crippen molar-refractivity contribution in [2.45, 2.75) is 25.0 Å². The molecule has 0 amide bonds. The summed E-state index contributed by atoms with van der Waals surface area (Å²) in [7, 11) is 2.00. The maximum Gasteiger partial charge on any atom is 0.0984 e. The fourth-order valence-electron chi connectivity index (χ4n) is 2.80. The standard InChI is InChI=1S/C16H18ClNOS/c1-18-14(10-12-6-7-15(17)20-12)16-13-5-3-2-4-11(13)8-9-19-16/h2-7,14,16,18H,8-10H2,1H3. The van der Waals surface area contributed by atoms with Crippen molar-refractivity contribution in [2.24, 2.45) is 0 Å². The number of nitrogens with one attached hydrogen (secondary N) is 1. The van der Waals surface area contributed by atoms with Gasteiger partial charge in [0.05, 0.1) is 17.0 Å². The Morgan fingerprint density at radius 2 is 2.20 bits per heavy atom. The molecular weight excluding hydrogens is 290 g/mol. The largest absolute Gasteiger partial charge is 0.372 e. The molecule has 0 fully saturated rings. The molecule has 2 aromatic rings. The first-order valence-corrected chi connectivity index (χ1v) is 8.08. The monoisotopic (exact) mass is 307 g/mol. The van der Waals surface area contributed by atoms with E-state index < -0.39 is 0 Å². The zero-order chi connectivity index (χ0) is 13.9. The van der Waals surface area contributed by atoms with Crippen molar-refractivity contribution >= 4 is 22.9 Å². The number of rotatable bonds is 4. The van der Waals surface area contributed by atoms with Crippen molar-refractivity contribution in [3.05, 3.63) is 56.7 Å². The van der Waals surface area contributed by atoms with Crippen LogP contribution >= 0.6 is 22.9 Å². The van der Waals surface area contributed by atoms with E-state index in [1.165, 1.54) is 16.0 Å². The fraction of sp³-hybridized carbons (Fsp3) is 0.375. The van der Waals surface area contributed by atoms with Crippen LogP contribution in [0.1, 0.15) is 22.1 Å². The second kappa shape index (κ2) is 6.27. The summed E-state index contributed by atoms with van der Waals surface area (Å²) in [5, 5.41) is 3.41. The molecule has 1 aliphatic rings. The predicted molar refractivity (Wildman–Crippen MR) is 84.7 cm³/mol. The molecule has 0 bridgehead atoms. The molecular formula is C16H18ClNOS. The minimum absolute atomic E-state index is 0.117. The van der Waals surface area contributed by atoms with E-state index >= 15 is 0 Å². The number of hydrogen-bond donors (Lipinski definition) is 1. The highest BCUT2D eigenvalue weighted by molar-refractivity contribution is 7.16. The molecule has 0 saturated carbocycles. The smallest absolute Gasteiger partial charge is 0.0984 e. The van der Waals surface area contributed by atoms with Gasteiger partial charge in [0.15, 0.2) is 0 Å². The van der Waals surface area contributed by atoms with Crippen LogP contribution < -0.4 is 5.32 Å². The number of fused-ring (bicyclic) bond motifs is 1. The first-order chi connectivity index (χ1) is 9.78. The summed E-state index contributed by atoms with van der Waals surface area (Å²) in [6.45, 7) is 0.797. The molecule has 1 aromatic carbocycles. The Labute approximate surface area is 128 Å². The lowest BCUT2D eigenvalue weighted by Gasteiger charge is -2.32. The lowest BCUT2D eigenvalue weighted by Crippen LogP contribution is -2.37. The third-order valence-electron chi connectivity index (χ3n) is 3.82. The summed E-state index contributed by atoms with van der Waals surface area (Å²) in [5.74, 6) is 0. The quantitative estimate of drug-likeness (QED) is 0.926. The van der Waals surface area contributed by atoms with Crippen LogP contribution in [0.5, 0.6) is 0 Å². The van der Waals surface area contributed by atoms with Crippen molar-refractivity contribution < 1.29 is 4.74 Å². The second-order valence-electron chi connectivity index (χ2n) is 5.05. The van der Waals surface area contributed by atoms with E-state index in [2.05, 4.69) is 35.6 Å². The van der Waals surface area contributed by atoms with E-state index in [9.17, 15) is 0 Å². The van der Waals surface area contributed by atoms with Crippen LogP contribution in [0.15, 0.2) is 36.4 Å². The lowest BCUT2D eigenvalue weighted by atomic mass is 9.91. The van der Waals surface area contributed by atoms with Crippen LogP contribution in [0.25, 0.3) is 0 Å². The SMILES string of the molecule is CNC(Cc1ccc(Cl)s1)C1OCCc2ccccc21. The van der Waals surface area contributed by atoms with Gasteiger partial charge in [-0.15, -0.1) is 11.3 Å². The van der Waals surface area contributed by atoms with Gasteiger partial charge in [-0.05, 0) is 43.1 Å². The molecule has 0 radical (unpaired) electrons. The van der Waals surface area contributed by atoms with Crippen molar-refractivity contribution in [1.29, 1.82) is 0 Å². The molecule has 3 rings (SSSR count). The number of ether oxygens (including phenoxy) is 1. The Hall–Kier alpha value is -0.870. The van der Waals surface area contributed by atoms with Gasteiger partial charge >= 0.3 is 0 Å². The topological polar surface area (TPSA) is 21.3 Å². The first-order valence-electron chi connectivity index (χ1n) is 6.89. The number of hydrogen-bond acceptors (Lipinski definition) is 3. The molecule has 0 aliphatic carbocycles. The molecule has 2 atom stereocenters. The van der Waals surface area contributed by atoms with Crippen LogP contribution in [0.3, 0.4) is 0 Å². The fourth-order valence-corrected chi connectivity index (χ4v) is 3.94. The van der Waals surface area contributed by atoms with E-state index in [1.807, 2.05) is 13.1 Å². The number of halogens is 1. The van der Waals surface area contributed by atoms with E-state index in [0.29, 0.717) is 0 Å². The highest BCUT2D eigenvalue weighted by atomic mass is 35.5. The van der Waals surface area contributed by atoms with Crippen LogP contribution in [-0.4, -0.2) is 19.7 Å². The van der Waals surface area contributed by atoms with Gasteiger partial charge in [-0.3, -0.25) is 0 Å². The van der Waals surface area contributed by atoms with Gasteiger partial charge in [0.2, 0.25) is 0 Å². The van der Waals surface area contributed by atoms with Crippen LogP contribution in [0, 0.1) is 0 Å². The highest BCUT2D eigenvalue weighted by Crippen LogP contribution is 2.32. The molecule has 106 valence electrons. The van der Waals surface area contributed by atoms with Crippen molar-refractivity contribution in [3.63, 3.8) is 0 Å². The van der Waals surface area contributed by atoms with Crippen LogP contribution in [-0.2, 0) is 17.6 Å². The molecule has 1 aliphatic heterocycles. The Morgan fingerprint density at radius 3 is 2.95 bits per heavy atom. The van der Waals surface area contributed by atoms with Gasteiger partial charge in [-0.2, -0.15) is 0 Å². The van der Waals surface area contributed by atoms with E-state index in [-0.39, 0.29) is 12.1 Å². The second-order valence-corrected chi connectivity index (χ2v) is 6.84. The average Bonchev–Trinajstić information content (AvgIpc) is 2.89. The summed E-state index contributed by atoms with van der Waals surface area (Å²) in [6.07, 6.45) is 2.06. The van der Waals surface area contributed by atoms with E-state index in [1.54, 1.807) is 11.3 Å². The summed E-state index contributed by atoms with van der Waals surface area (Å²) in [4.78, 5) is 1.29. The van der Waals surface area contributed by atoms with E-state index in [0.717, 1.165) is 23.8 Å². The molecule has 4 heteroatoms. The van der Waals surface area contributed by atoms with Crippen molar-refractivity contribution in [3.8, 4) is 0 Å². The van der Waals surface area contributed by atoms with Crippen molar-refractivity contribution in [2.75, 3.05) is 13.7 Å². The van der Waals surface area contributed by atoms with Gasteiger partial charge in [-0.1, -0.05) is 35.9 Å². The third-order valence-corrected chi connectivity index (χ3v) is 5.07. The van der Waals surface area contributed by atoms with Crippen LogP contribution in [0.4, 0.5) is 0 Å². The van der Waals surface area contributed by atoms with Crippen LogP contribution in [0.2, 0.25) is 4.34 Å². The molecule has 1 N–H and O–H groups in total. The summed E-state index contributed by atoms with van der Waals surface area (Å²) >= 11 is 7.67. The van der Waals surface area contributed by atoms with Gasteiger partial charge in [0.25, 0.3) is 0 Å². The normalized spacial score (nSPS) is 19.6. The zero-order valence-corrected chi connectivity index (χ0v) is 13.0. The minimum Gasteiger partial charge on any atom is -0.372 e. The summed E-state index contributed by atoms with van der Waals surface area (Å²) < 4.78 is 6.89.